The Hall–Kier alpha value is -0.920. The highest BCUT2D eigenvalue weighted by Crippen LogP contribution is 1.95. The number of carbonyl (C=O) groups is 1. The molecule has 1 heterocycles. The average molecular weight is 322 g/mol. The maximum absolute atomic E-state index is 11.5. The molecular formula is C9H11IN2O3. The van der Waals surface area contributed by atoms with Crippen LogP contribution in [0.4, 0.5) is 0 Å². The van der Waals surface area contributed by atoms with Crippen LogP contribution >= 0.6 is 22.6 Å². The second-order valence-corrected chi connectivity index (χ2v) is 4.38. The van der Waals surface area contributed by atoms with Gasteiger partial charge in [-0.3, -0.25) is 14.2 Å². The molecule has 1 aromatic heterocycles. The first-order valence-corrected chi connectivity index (χ1v) is 5.48. The van der Waals surface area contributed by atoms with Gasteiger partial charge in [-0.15, -0.1) is 0 Å². The molecule has 0 aliphatic heterocycles. The number of halogens is 1. The Morgan fingerprint density at radius 1 is 1.67 bits per heavy atom. The molecule has 0 saturated heterocycles. The number of ether oxygens (including phenoxy) is 1. The third kappa shape index (κ3) is 3.61. The topological polar surface area (TPSA) is 61.2 Å². The summed E-state index contributed by atoms with van der Waals surface area (Å²) in [6.45, 7) is 3.42. The molecule has 1 rings (SSSR count). The van der Waals surface area contributed by atoms with Gasteiger partial charge in [0, 0.05) is 6.20 Å². The number of esters is 1. The van der Waals surface area contributed by atoms with Crippen molar-refractivity contribution in [1.29, 1.82) is 0 Å². The first kappa shape index (κ1) is 12.2. The quantitative estimate of drug-likeness (QED) is 0.610. The fourth-order valence-corrected chi connectivity index (χ4v) is 1.45. The van der Waals surface area contributed by atoms with Crippen molar-refractivity contribution >= 4 is 28.6 Å². The number of rotatable bonds is 3. The summed E-state index contributed by atoms with van der Waals surface area (Å²) in [7, 11) is 0. The van der Waals surface area contributed by atoms with Gasteiger partial charge < -0.3 is 4.74 Å². The SMILES string of the molecule is CC(C)OC(=O)Cn1cncc(I)c1=O. The third-order valence-corrected chi connectivity index (χ3v) is 2.27. The molecule has 0 amide bonds. The largest absolute Gasteiger partial charge is 0.462 e. The molecule has 15 heavy (non-hydrogen) atoms. The zero-order chi connectivity index (χ0) is 11.4. The summed E-state index contributed by atoms with van der Waals surface area (Å²) >= 11 is 1.87. The monoisotopic (exact) mass is 322 g/mol. The predicted octanol–water partition coefficient (Wildman–Crippen LogP) is 0.799. The van der Waals surface area contributed by atoms with Crippen molar-refractivity contribution < 1.29 is 9.53 Å². The summed E-state index contributed by atoms with van der Waals surface area (Å²) in [4.78, 5) is 26.6. The summed E-state index contributed by atoms with van der Waals surface area (Å²) in [5.41, 5.74) is -0.230. The minimum Gasteiger partial charge on any atom is -0.462 e. The van der Waals surface area contributed by atoms with Gasteiger partial charge in [0.05, 0.1) is 16.0 Å². The summed E-state index contributed by atoms with van der Waals surface area (Å²) in [6.07, 6.45) is 2.60. The van der Waals surface area contributed by atoms with Crippen molar-refractivity contribution in [3.63, 3.8) is 0 Å². The van der Waals surface area contributed by atoms with Gasteiger partial charge in [-0.1, -0.05) is 0 Å². The van der Waals surface area contributed by atoms with Crippen LogP contribution in [0.2, 0.25) is 0 Å². The summed E-state index contributed by atoms with van der Waals surface area (Å²) < 4.78 is 6.63. The van der Waals surface area contributed by atoms with Crippen molar-refractivity contribution in [2.45, 2.75) is 26.5 Å². The fourth-order valence-electron chi connectivity index (χ4n) is 0.976. The van der Waals surface area contributed by atoms with Crippen molar-refractivity contribution in [1.82, 2.24) is 9.55 Å². The number of carbonyl (C=O) groups excluding carboxylic acids is 1. The van der Waals surface area contributed by atoms with E-state index >= 15 is 0 Å². The number of hydrogen-bond donors (Lipinski definition) is 0. The second kappa shape index (κ2) is 5.24. The lowest BCUT2D eigenvalue weighted by molar-refractivity contribution is -0.148. The highest BCUT2D eigenvalue weighted by atomic mass is 127. The van der Waals surface area contributed by atoms with E-state index in [9.17, 15) is 9.59 Å². The molecule has 0 aliphatic carbocycles. The molecule has 5 nitrogen and oxygen atoms in total. The van der Waals surface area contributed by atoms with E-state index in [2.05, 4.69) is 4.98 Å². The molecule has 6 heteroatoms. The normalized spacial score (nSPS) is 10.4. The lowest BCUT2D eigenvalue weighted by Gasteiger charge is -2.08. The van der Waals surface area contributed by atoms with E-state index < -0.39 is 5.97 Å². The third-order valence-electron chi connectivity index (χ3n) is 1.53. The van der Waals surface area contributed by atoms with Crippen LogP contribution in [-0.2, 0) is 16.1 Å². The van der Waals surface area contributed by atoms with Crippen LogP contribution in [0.3, 0.4) is 0 Å². The Balaban J connectivity index is 2.77. The van der Waals surface area contributed by atoms with Crippen LogP contribution in [0.25, 0.3) is 0 Å². The van der Waals surface area contributed by atoms with E-state index in [4.69, 9.17) is 4.74 Å². The zero-order valence-electron chi connectivity index (χ0n) is 8.44. The van der Waals surface area contributed by atoms with Gasteiger partial charge in [0.2, 0.25) is 0 Å². The molecule has 0 spiro atoms. The molecule has 1 aromatic rings. The molecular weight excluding hydrogens is 311 g/mol. The Morgan fingerprint density at radius 2 is 2.33 bits per heavy atom. The first-order valence-electron chi connectivity index (χ1n) is 4.40. The summed E-state index contributed by atoms with van der Waals surface area (Å²) in [6, 6.07) is 0. The highest BCUT2D eigenvalue weighted by Gasteiger charge is 2.08. The Labute approximate surface area is 101 Å². The van der Waals surface area contributed by atoms with Crippen LogP contribution in [0.1, 0.15) is 13.8 Å². The zero-order valence-corrected chi connectivity index (χ0v) is 10.6. The van der Waals surface area contributed by atoms with Crippen LogP contribution in [-0.4, -0.2) is 21.6 Å². The van der Waals surface area contributed by atoms with Gasteiger partial charge in [0.25, 0.3) is 5.56 Å². The molecule has 0 radical (unpaired) electrons. The highest BCUT2D eigenvalue weighted by molar-refractivity contribution is 14.1. The average Bonchev–Trinajstić information content (AvgIpc) is 2.11. The van der Waals surface area contributed by atoms with Crippen LogP contribution < -0.4 is 5.56 Å². The standard InChI is InChI=1S/C9H11IN2O3/c1-6(2)15-8(13)4-12-5-11-3-7(10)9(12)14/h3,5-6H,4H2,1-2H3. The molecule has 0 atom stereocenters. The van der Waals surface area contributed by atoms with Gasteiger partial charge in [-0.25, -0.2) is 4.98 Å². The Bertz CT molecular complexity index is 414. The molecule has 0 bridgehead atoms. The molecule has 0 N–H and O–H groups in total. The minimum absolute atomic E-state index is 0.0964. The fraction of sp³-hybridized carbons (Fsp3) is 0.444. The number of hydrogen-bond acceptors (Lipinski definition) is 4. The van der Waals surface area contributed by atoms with E-state index in [0.29, 0.717) is 3.57 Å². The van der Waals surface area contributed by atoms with Gasteiger partial charge in [0.15, 0.2) is 0 Å². The Morgan fingerprint density at radius 3 is 2.93 bits per heavy atom. The van der Waals surface area contributed by atoms with Gasteiger partial charge in [-0.05, 0) is 36.4 Å². The van der Waals surface area contributed by atoms with Crippen molar-refractivity contribution in [2.75, 3.05) is 0 Å². The Kier molecular flexibility index (Phi) is 4.25. The number of aromatic nitrogens is 2. The van der Waals surface area contributed by atoms with Gasteiger partial charge >= 0.3 is 5.97 Å². The van der Waals surface area contributed by atoms with Gasteiger partial charge in [-0.2, -0.15) is 0 Å². The summed E-state index contributed by atoms with van der Waals surface area (Å²) in [5.74, 6) is -0.434. The minimum atomic E-state index is -0.434. The maximum atomic E-state index is 11.5. The molecule has 82 valence electrons. The van der Waals surface area contributed by atoms with E-state index in [-0.39, 0.29) is 18.2 Å². The molecule has 0 aromatic carbocycles. The smallest absolute Gasteiger partial charge is 0.326 e. The molecule has 0 aliphatic rings. The molecule has 0 fully saturated rings. The van der Waals surface area contributed by atoms with E-state index in [1.54, 1.807) is 13.8 Å². The predicted molar refractivity (Wildman–Crippen MR) is 62.4 cm³/mol. The second-order valence-electron chi connectivity index (χ2n) is 3.21. The van der Waals surface area contributed by atoms with E-state index in [1.807, 2.05) is 22.6 Å². The van der Waals surface area contributed by atoms with Crippen molar-refractivity contribution in [3.05, 3.63) is 26.4 Å². The van der Waals surface area contributed by atoms with Crippen molar-refractivity contribution in [3.8, 4) is 0 Å². The molecule has 0 saturated carbocycles. The summed E-state index contributed by atoms with van der Waals surface area (Å²) in [5, 5.41) is 0. The van der Waals surface area contributed by atoms with E-state index in [1.165, 1.54) is 17.1 Å². The van der Waals surface area contributed by atoms with Gasteiger partial charge in [0.1, 0.15) is 6.54 Å². The van der Waals surface area contributed by atoms with Crippen LogP contribution in [0.15, 0.2) is 17.3 Å². The maximum Gasteiger partial charge on any atom is 0.326 e. The first-order chi connectivity index (χ1) is 7.00. The van der Waals surface area contributed by atoms with Crippen LogP contribution in [0.5, 0.6) is 0 Å². The van der Waals surface area contributed by atoms with Crippen molar-refractivity contribution in [2.24, 2.45) is 0 Å². The lowest BCUT2D eigenvalue weighted by atomic mass is 10.5. The number of nitrogens with zero attached hydrogens (tertiary/aromatic N) is 2. The van der Waals surface area contributed by atoms with Crippen LogP contribution in [0, 0.1) is 3.57 Å². The van der Waals surface area contributed by atoms with E-state index in [0.717, 1.165) is 0 Å². The molecule has 0 unspecified atom stereocenters. The lowest BCUT2D eigenvalue weighted by Crippen LogP contribution is -2.28.